The first-order valence-electron chi connectivity index (χ1n) is 11.7. The second-order valence-corrected chi connectivity index (χ2v) is 10.0. The van der Waals surface area contributed by atoms with Gasteiger partial charge in [-0.25, -0.2) is 4.98 Å². The van der Waals surface area contributed by atoms with Crippen LogP contribution in [0, 0.1) is 5.92 Å². The predicted octanol–water partition coefficient (Wildman–Crippen LogP) is 3.85. The van der Waals surface area contributed by atoms with E-state index in [0.717, 1.165) is 38.8 Å². The largest absolute Gasteiger partial charge is 0.376 e. The zero-order valence-corrected chi connectivity index (χ0v) is 18.8. The van der Waals surface area contributed by atoms with E-state index in [9.17, 15) is 9.59 Å². The number of piperidine rings is 1. The van der Waals surface area contributed by atoms with Crippen molar-refractivity contribution in [3.05, 3.63) is 34.6 Å². The van der Waals surface area contributed by atoms with E-state index in [1.165, 1.54) is 37.4 Å². The van der Waals surface area contributed by atoms with Gasteiger partial charge in [0.05, 0.1) is 29.3 Å². The molecule has 0 radical (unpaired) electrons. The van der Waals surface area contributed by atoms with Crippen molar-refractivity contribution < 1.29 is 9.53 Å². The highest BCUT2D eigenvalue weighted by Crippen LogP contribution is 2.35. The molecule has 1 aromatic carbocycles. The highest BCUT2D eigenvalue weighted by atomic mass is 32.2. The number of hydrogen-bond donors (Lipinski definition) is 0. The van der Waals surface area contributed by atoms with E-state index in [1.807, 2.05) is 24.3 Å². The van der Waals surface area contributed by atoms with Gasteiger partial charge >= 0.3 is 0 Å². The molecule has 2 saturated heterocycles. The van der Waals surface area contributed by atoms with Crippen molar-refractivity contribution in [2.45, 2.75) is 75.2 Å². The molecule has 0 N–H and O–H groups in total. The highest BCUT2D eigenvalue weighted by Gasteiger charge is 2.35. The predicted molar refractivity (Wildman–Crippen MR) is 122 cm³/mol. The molecule has 3 fully saturated rings. The number of thioether (sulfide) groups is 1. The van der Waals surface area contributed by atoms with E-state index in [4.69, 9.17) is 9.72 Å². The molecular weight excluding hydrogens is 410 g/mol. The molecule has 0 bridgehead atoms. The van der Waals surface area contributed by atoms with Gasteiger partial charge in [-0.15, -0.1) is 0 Å². The number of amides is 1. The lowest BCUT2D eigenvalue weighted by molar-refractivity contribution is -0.134. The molecule has 1 aliphatic carbocycles. The number of para-hydroxylation sites is 1. The molecule has 6 nitrogen and oxygen atoms in total. The number of ether oxygens (including phenoxy) is 1. The summed E-state index contributed by atoms with van der Waals surface area (Å²) >= 11 is 1.41. The molecule has 1 aromatic heterocycles. The lowest BCUT2D eigenvalue weighted by Gasteiger charge is -2.44. The van der Waals surface area contributed by atoms with Gasteiger partial charge in [0.1, 0.15) is 0 Å². The van der Waals surface area contributed by atoms with Crippen LogP contribution in [0.15, 0.2) is 34.2 Å². The molecule has 0 unspecified atom stereocenters. The lowest BCUT2D eigenvalue weighted by Crippen LogP contribution is -2.50. The number of hydrogen-bond acceptors (Lipinski definition) is 5. The summed E-state index contributed by atoms with van der Waals surface area (Å²) in [6, 6.07) is 7.88. The van der Waals surface area contributed by atoms with Gasteiger partial charge in [-0.1, -0.05) is 36.7 Å². The second-order valence-electron chi connectivity index (χ2n) is 9.09. The minimum absolute atomic E-state index is 0.0404. The third-order valence-electron chi connectivity index (χ3n) is 7.13. The Morgan fingerprint density at radius 1 is 1.10 bits per heavy atom. The van der Waals surface area contributed by atoms with Crippen LogP contribution in [0.25, 0.3) is 10.9 Å². The summed E-state index contributed by atoms with van der Waals surface area (Å²) in [5.41, 5.74) is 0.651. The highest BCUT2D eigenvalue weighted by molar-refractivity contribution is 7.99. The Labute approximate surface area is 187 Å². The fourth-order valence-corrected chi connectivity index (χ4v) is 6.45. The maximum absolute atomic E-state index is 13.2. The van der Waals surface area contributed by atoms with Gasteiger partial charge in [-0.05, 0) is 56.6 Å². The molecule has 1 amide bonds. The van der Waals surface area contributed by atoms with Crippen LogP contribution in [-0.2, 0) is 16.1 Å². The number of nitrogens with zero attached hydrogens (tertiary/aromatic N) is 3. The molecule has 7 heteroatoms. The van der Waals surface area contributed by atoms with Gasteiger partial charge < -0.3 is 9.64 Å². The Morgan fingerprint density at radius 2 is 1.94 bits per heavy atom. The van der Waals surface area contributed by atoms with Crippen LogP contribution in [0.1, 0.15) is 51.4 Å². The molecule has 3 aliphatic rings. The molecule has 2 aliphatic heterocycles. The van der Waals surface area contributed by atoms with Crippen molar-refractivity contribution in [1.29, 1.82) is 0 Å². The van der Waals surface area contributed by atoms with Gasteiger partial charge in [0.25, 0.3) is 5.56 Å². The van der Waals surface area contributed by atoms with Gasteiger partial charge in [-0.2, -0.15) is 0 Å². The van der Waals surface area contributed by atoms with Crippen molar-refractivity contribution in [2.24, 2.45) is 5.92 Å². The number of likely N-dealkylation sites (tertiary alicyclic amines) is 1. The molecule has 5 rings (SSSR count). The Hall–Kier alpha value is -1.86. The van der Waals surface area contributed by atoms with Crippen LogP contribution in [0.5, 0.6) is 0 Å². The molecule has 31 heavy (non-hydrogen) atoms. The monoisotopic (exact) mass is 441 g/mol. The van der Waals surface area contributed by atoms with Gasteiger partial charge in [0.2, 0.25) is 5.91 Å². The summed E-state index contributed by atoms with van der Waals surface area (Å²) in [6.45, 7) is 2.12. The van der Waals surface area contributed by atoms with Crippen molar-refractivity contribution >= 4 is 28.6 Å². The van der Waals surface area contributed by atoms with E-state index in [-0.39, 0.29) is 17.6 Å². The topological polar surface area (TPSA) is 64.4 Å². The van der Waals surface area contributed by atoms with Crippen LogP contribution < -0.4 is 5.56 Å². The van der Waals surface area contributed by atoms with Crippen molar-refractivity contribution in [3.63, 3.8) is 0 Å². The van der Waals surface area contributed by atoms with Crippen molar-refractivity contribution in [1.82, 2.24) is 14.5 Å². The Bertz CT molecular complexity index is 999. The molecule has 1 saturated carbocycles. The van der Waals surface area contributed by atoms with E-state index in [0.29, 0.717) is 40.3 Å². The smallest absolute Gasteiger partial charge is 0.262 e. The quantitative estimate of drug-likeness (QED) is 0.521. The second kappa shape index (κ2) is 9.33. The standard InChI is InChI=1S/C24H31N3O3S/c28-22(26-13-5-8-17-7-1-4-12-21(17)26)16-31-24-25-20-11-3-2-10-19(20)23(29)27(24)15-18-9-6-14-30-18/h2-3,10-11,17-18,21H,1,4-9,12-16H2/t17-,18+,21+/m1/s1. The zero-order valence-electron chi connectivity index (χ0n) is 18.0. The third-order valence-corrected chi connectivity index (χ3v) is 8.09. The first kappa shape index (κ1) is 21.0. The van der Waals surface area contributed by atoms with Crippen LogP contribution in [0.2, 0.25) is 0 Å². The number of carbonyl (C=O) groups is 1. The van der Waals surface area contributed by atoms with Crippen molar-refractivity contribution in [2.75, 3.05) is 18.9 Å². The number of aromatic nitrogens is 2. The maximum atomic E-state index is 13.2. The van der Waals surface area contributed by atoms with Crippen LogP contribution >= 0.6 is 11.8 Å². The molecule has 166 valence electrons. The van der Waals surface area contributed by atoms with Gasteiger partial charge in [-0.3, -0.25) is 14.2 Å². The number of rotatable bonds is 5. The van der Waals surface area contributed by atoms with Crippen LogP contribution in [-0.4, -0.2) is 51.4 Å². The van der Waals surface area contributed by atoms with Gasteiger partial charge in [0, 0.05) is 19.2 Å². The average molecular weight is 442 g/mol. The fraction of sp³-hybridized carbons (Fsp3) is 0.625. The Morgan fingerprint density at radius 3 is 2.81 bits per heavy atom. The molecular formula is C24H31N3O3S. The van der Waals surface area contributed by atoms with E-state index < -0.39 is 0 Å². The summed E-state index contributed by atoms with van der Waals surface area (Å²) in [7, 11) is 0. The zero-order chi connectivity index (χ0) is 21.2. The van der Waals surface area contributed by atoms with E-state index in [2.05, 4.69) is 4.90 Å². The first-order valence-corrected chi connectivity index (χ1v) is 12.7. The summed E-state index contributed by atoms with van der Waals surface area (Å²) in [5.74, 6) is 1.19. The van der Waals surface area contributed by atoms with E-state index in [1.54, 1.807) is 4.57 Å². The first-order chi connectivity index (χ1) is 15.2. The summed E-state index contributed by atoms with van der Waals surface area (Å²) in [4.78, 5) is 33.3. The minimum atomic E-state index is -0.0404. The van der Waals surface area contributed by atoms with Crippen molar-refractivity contribution in [3.8, 4) is 0 Å². The normalized spacial score (nSPS) is 26.2. The summed E-state index contributed by atoms with van der Waals surface area (Å²) in [6.07, 6.45) is 9.32. The Kier molecular flexibility index (Phi) is 6.32. The molecule has 3 atom stereocenters. The lowest BCUT2D eigenvalue weighted by atomic mass is 9.78. The maximum Gasteiger partial charge on any atom is 0.262 e. The minimum Gasteiger partial charge on any atom is -0.376 e. The summed E-state index contributed by atoms with van der Waals surface area (Å²) < 4.78 is 7.52. The third kappa shape index (κ3) is 4.40. The molecule has 3 heterocycles. The molecule has 0 spiro atoms. The number of benzene rings is 1. The molecule has 2 aromatic rings. The summed E-state index contributed by atoms with van der Waals surface area (Å²) in [5, 5.41) is 1.25. The van der Waals surface area contributed by atoms with Crippen LogP contribution in [0.4, 0.5) is 0 Å². The average Bonchev–Trinajstić information content (AvgIpc) is 3.32. The Balaban J connectivity index is 1.37. The SMILES string of the molecule is O=C(CSc1nc2ccccc2c(=O)n1C[C@@H]1CCCO1)N1CCC[C@H]2CCCC[C@@H]21. The van der Waals surface area contributed by atoms with Gasteiger partial charge in [0.15, 0.2) is 5.16 Å². The number of carbonyl (C=O) groups excluding carboxylic acids is 1. The van der Waals surface area contributed by atoms with Crippen LogP contribution in [0.3, 0.4) is 0 Å². The van der Waals surface area contributed by atoms with E-state index >= 15 is 0 Å². The fourth-order valence-electron chi connectivity index (χ4n) is 5.55. The number of fused-ring (bicyclic) bond motifs is 2.